The Morgan fingerprint density at radius 1 is 1.38 bits per heavy atom. The lowest BCUT2D eigenvalue weighted by molar-refractivity contribution is 0.125. The molecule has 0 spiro atoms. The first kappa shape index (κ1) is 13.3. The largest absolute Gasteiger partial charge is 0.491 e. The van der Waals surface area contributed by atoms with Gasteiger partial charge in [-0.25, -0.2) is 0 Å². The van der Waals surface area contributed by atoms with E-state index in [0.717, 1.165) is 11.3 Å². The lowest BCUT2D eigenvalue weighted by Crippen LogP contribution is -2.19. The maximum atomic E-state index is 9.33. The summed E-state index contributed by atoms with van der Waals surface area (Å²) in [5.41, 5.74) is 2.31. The summed E-state index contributed by atoms with van der Waals surface area (Å²) >= 11 is 5.51. The first-order valence-electron chi connectivity index (χ1n) is 5.52. The van der Waals surface area contributed by atoms with Crippen LogP contribution in [0.25, 0.3) is 0 Å². The topological polar surface area (TPSA) is 29.5 Å². The first-order chi connectivity index (χ1) is 7.54. The fourth-order valence-corrected chi connectivity index (χ4v) is 1.45. The molecule has 1 rings (SSSR count). The van der Waals surface area contributed by atoms with E-state index < -0.39 is 6.10 Å². The molecule has 1 aromatic carbocycles. The zero-order valence-corrected chi connectivity index (χ0v) is 10.8. The minimum Gasteiger partial charge on any atom is -0.491 e. The van der Waals surface area contributed by atoms with Crippen molar-refractivity contribution in [3.63, 3.8) is 0 Å². The third-order valence-electron chi connectivity index (χ3n) is 2.49. The van der Waals surface area contributed by atoms with Gasteiger partial charge in [-0.2, -0.15) is 0 Å². The number of hydrogen-bond donors (Lipinski definition) is 1. The molecule has 1 atom stereocenters. The number of halogens is 1. The highest BCUT2D eigenvalue weighted by Gasteiger charge is 2.07. The van der Waals surface area contributed by atoms with Crippen LogP contribution < -0.4 is 4.74 Å². The molecule has 0 amide bonds. The zero-order chi connectivity index (χ0) is 12.1. The van der Waals surface area contributed by atoms with Crippen LogP contribution in [0.15, 0.2) is 18.2 Å². The zero-order valence-electron chi connectivity index (χ0n) is 10.0. The molecule has 0 saturated carbocycles. The maximum Gasteiger partial charge on any atom is 0.122 e. The predicted octanol–water partition coefficient (Wildman–Crippen LogP) is 3.10. The molecule has 0 heterocycles. The van der Waals surface area contributed by atoms with Crippen LogP contribution in [0, 0.1) is 6.92 Å². The number of rotatable bonds is 5. The summed E-state index contributed by atoms with van der Waals surface area (Å²) in [6, 6.07) is 6.17. The van der Waals surface area contributed by atoms with Crippen LogP contribution in [0.4, 0.5) is 0 Å². The number of benzene rings is 1. The number of ether oxygens (including phenoxy) is 1. The lowest BCUT2D eigenvalue weighted by Gasteiger charge is -2.14. The molecule has 16 heavy (non-hydrogen) atoms. The molecular formula is C13H19ClO2. The summed E-state index contributed by atoms with van der Waals surface area (Å²) in [7, 11) is 0. The van der Waals surface area contributed by atoms with Crippen LogP contribution in [0.2, 0.25) is 0 Å². The van der Waals surface area contributed by atoms with Gasteiger partial charge in [-0.3, -0.25) is 0 Å². The standard InChI is InChI=1S/C13H19ClO2/c1-9(2)11-5-4-10(3)13(6-11)16-8-12(15)7-14/h4-6,9,12,15H,7-8H2,1-3H3. The Kier molecular flexibility index (Phi) is 5.10. The Balaban J connectivity index is 2.74. The van der Waals surface area contributed by atoms with Crippen molar-refractivity contribution < 1.29 is 9.84 Å². The summed E-state index contributed by atoms with van der Waals surface area (Å²) in [6.45, 7) is 6.52. The fraction of sp³-hybridized carbons (Fsp3) is 0.538. The summed E-state index contributed by atoms with van der Waals surface area (Å²) in [6.07, 6.45) is -0.608. The van der Waals surface area contributed by atoms with Crippen molar-refractivity contribution in [2.75, 3.05) is 12.5 Å². The Labute approximate surface area is 102 Å². The third-order valence-corrected chi connectivity index (χ3v) is 2.84. The van der Waals surface area contributed by atoms with Crippen molar-refractivity contribution in [2.45, 2.75) is 32.8 Å². The molecule has 0 aliphatic heterocycles. The fourth-order valence-electron chi connectivity index (χ4n) is 1.36. The van der Waals surface area contributed by atoms with Gasteiger partial charge in [0, 0.05) is 0 Å². The molecule has 0 saturated heterocycles. The van der Waals surface area contributed by atoms with E-state index in [9.17, 15) is 5.11 Å². The van der Waals surface area contributed by atoms with E-state index in [2.05, 4.69) is 19.9 Å². The van der Waals surface area contributed by atoms with Crippen molar-refractivity contribution in [3.05, 3.63) is 29.3 Å². The van der Waals surface area contributed by atoms with Crippen molar-refractivity contribution in [1.29, 1.82) is 0 Å². The molecule has 1 unspecified atom stereocenters. The van der Waals surface area contributed by atoms with E-state index in [1.807, 2.05) is 19.1 Å². The quantitative estimate of drug-likeness (QED) is 0.804. The summed E-state index contributed by atoms with van der Waals surface area (Å²) in [5, 5.41) is 9.33. The highest BCUT2D eigenvalue weighted by Crippen LogP contribution is 2.24. The molecule has 1 N–H and O–H groups in total. The molecule has 2 nitrogen and oxygen atoms in total. The van der Waals surface area contributed by atoms with Crippen LogP contribution >= 0.6 is 11.6 Å². The minimum absolute atomic E-state index is 0.197. The Morgan fingerprint density at radius 2 is 2.06 bits per heavy atom. The normalized spacial score (nSPS) is 12.9. The van der Waals surface area contributed by atoms with Gasteiger partial charge in [-0.1, -0.05) is 26.0 Å². The highest BCUT2D eigenvalue weighted by molar-refractivity contribution is 6.18. The maximum absolute atomic E-state index is 9.33. The second-order valence-electron chi connectivity index (χ2n) is 4.30. The van der Waals surface area contributed by atoms with Gasteiger partial charge in [0.05, 0.1) is 5.88 Å². The van der Waals surface area contributed by atoms with Crippen molar-refractivity contribution in [1.82, 2.24) is 0 Å². The van der Waals surface area contributed by atoms with Gasteiger partial charge in [0.2, 0.25) is 0 Å². The summed E-state index contributed by atoms with van der Waals surface area (Å²) in [5.74, 6) is 1.50. The molecule has 3 heteroatoms. The van der Waals surface area contributed by atoms with Crippen molar-refractivity contribution in [2.24, 2.45) is 0 Å². The Bertz CT molecular complexity index is 337. The molecule has 0 bridgehead atoms. The van der Waals surface area contributed by atoms with Crippen LogP contribution in [-0.4, -0.2) is 23.7 Å². The molecule has 0 aromatic heterocycles. The molecule has 0 aliphatic carbocycles. The highest BCUT2D eigenvalue weighted by atomic mass is 35.5. The second-order valence-corrected chi connectivity index (χ2v) is 4.61. The molecule has 0 radical (unpaired) electrons. The van der Waals surface area contributed by atoms with E-state index in [1.54, 1.807) is 0 Å². The second kappa shape index (κ2) is 6.12. The van der Waals surface area contributed by atoms with Gasteiger partial charge in [0.15, 0.2) is 0 Å². The lowest BCUT2D eigenvalue weighted by atomic mass is 10.0. The van der Waals surface area contributed by atoms with Gasteiger partial charge in [0.25, 0.3) is 0 Å². The summed E-state index contributed by atoms with van der Waals surface area (Å²) in [4.78, 5) is 0. The van der Waals surface area contributed by atoms with Gasteiger partial charge in [-0.05, 0) is 30.0 Å². The minimum atomic E-state index is -0.608. The number of aryl methyl sites for hydroxylation is 1. The van der Waals surface area contributed by atoms with Gasteiger partial charge in [0.1, 0.15) is 18.5 Å². The first-order valence-corrected chi connectivity index (χ1v) is 6.05. The number of alkyl halides is 1. The molecule has 1 aromatic rings. The van der Waals surface area contributed by atoms with Gasteiger partial charge >= 0.3 is 0 Å². The summed E-state index contributed by atoms with van der Waals surface area (Å²) < 4.78 is 5.55. The average molecular weight is 243 g/mol. The monoisotopic (exact) mass is 242 g/mol. The molecule has 0 aliphatic rings. The van der Waals surface area contributed by atoms with Crippen molar-refractivity contribution >= 4 is 11.6 Å². The van der Waals surface area contributed by atoms with E-state index in [4.69, 9.17) is 16.3 Å². The van der Waals surface area contributed by atoms with Crippen LogP contribution in [0.5, 0.6) is 5.75 Å². The number of aliphatic hydroxyl groups is 1. The average Bonchev–Trinajstić information content (AvgIpc) is 2.27. The van der Waals surface area contributed by atoms with Gasteiger partial charge < -0.3 is 9.84 Å². The van der Waals surface area contributed by atoms with E-state index >= 15 is 0 Å². The van der Waals surface area contributed by atoms with Crippen molar-refractivity contribution in [3.8, 4) is 5.75 Å². The molecule has 0 fully saturated rings. The Morgan fingerprint density at radius 3 is 2.62 bits per heavy atom. The van der Waals surface area contributed by atoms with Crippen LogP contribution in [0.3, 0.4) is 0 Å². The van der Waals surface area contributed by atoms with E-state index in [-0.39, 0.29) is 12.5 Å². The van der Waals surface area contributed by atoms with Crippen LogP contribution in [0.1, 0.15) is 30.9 Å². The smallest absolute Gasteiger partial charge is 0.122 e. The van der Waals surface area contributed by atoms with Gasteiger partial charge in [-0.15, -0.1) is 11.6 Å². The predicted molar refractivity (Wildman–Crippen MR) is 67.5 cm³/mol. The number of hydrogen-bond acceptors (Lipinski definition) is 2. The Hall–Kier alpha value is -0.730. The number of aliphatic hydroxyl groups excluding tert-OH is 1. The molecule has 90 valence electrons. The SMILES string of the molecule is Cc1ccc(C(C)C)cc1OCC(O)CCl. The molecular weight excluding hydrogens is 224 g/mol. The van der Waals surface area contributed by atoms with E-state index in [0.29, 0.717) is 5.92 Å². The van der Waals surface area contributed by atoms with Crippen LogP contribution in [-0.2, 0) is 0 Å². The van der Waals surface area contributed by atoms with E-state index in [1.165, 1.54) is 5.56 Å². The third kappa shape index (κ3) is 3.69.